The predicted octanol–water partition coefficient (Wildman–Crippen LogP) is 4.16. The maximum absolute atomic E-state index is 13.0. The third kappa shape index (κ3) is 3.32. The molecule has 27 heavy (non-hydrogen) atoms. The van der Waals surface area contributed by atoms with E-state index in [1.54, 1.807) is 13.0 Å². The summed E-state index contributed by atoms with van der Waals surface area (Å²) >= 11 is 0. The summed E-state index contributed by atoms with van der Waals surface area (Å²) in [6, 6.07) is 13.6. The van der Waals surface area contributed by atoms with Gasteiger partial charge in [-0.05, 0) is 25.5 Å². The molecule has 3 aromatic heterocycles. The topological polar surface area (TPSA) is 48.0 Å². The van der Waals surface area contributed by atoms with Crippen LogP contribution in [0.4, 0.5) is 8.78 Å². The first-order valence-corrected chi connectivity index (χ1v) is 8.74. The van der Waals surface area contributed by atoms with Gasteiger partial charge in [0.1, 0.15) is 11.5 Å². The van der Waals surface area contributed by atoms with Crippen LogP contribution in [0.2, 0.25) is 0 Å². The Balaban J connectivity index is 1.55. The highest BCUT2D eigenvalue weighted by atomic mass is 19.3. The second-order valence-electron chi connectivity index (χ2n) is 6.50. The van der Waals surface area contributed by atoms with Crippen molar-refractivity contribution in [2.45, 2.75) is 26.2 Å². The lowest BCUT2D eigenvalue weighted by atomic mass is 10.2. The molecule has 7 heteroatoms. The Bertz CT molecular complexity index is 1080. The van der Waals surface area contributed by atoms with Crippen LogP contribution in [-0.2, 0) is 19.9 Å². The Kier molecular flexibility index (Phi) is 4.43. The van der Waals surface area contributed by atoms with Crippen LogP contribution in [0.15, 0.2) is 48.7 Å². The van der Waals surface area contributed by atoms with Crippen LogP contribution in [0.3, 0.4) is 0 Å². The molecule has 3 heterocycles. The largest absolute Gasteiger partial charge is 0.337 e. The maximum Gasteiger partial charge on any atom is 0.282 e. The number of imidazole rings is 2. The SMILES string of the molecule is Cc1c(C(F)F)nc2ccc(CCc3nc(-c4ccccc4)cn3C)nn12. The van der Waals surface area contributed by atoms with Crippen molar-refractivity contribution in [3.05, 3.63) is 71.6 Å². The number of benzene rings is 1. The van der Waals surface area contributed by atoms with E-state index in [0.29, 0.717) is 24.2 Å². The molecule has 4 rings (SSSR count). The zero-order chi connectivity index (χ0) is 19.0. The van der Waals surface area contributed by atoms with Crippen LogP contribution in [-0.4, -0.2) is 24.1 Å². The molecular weight excluding hydrogens is 348 g/mol. The molecular formula is C20H19F2N5. The standard InChI is InChI=1S/C20H19F2N5/c1-13-19(20(21)22)24-18-11-9-15(25-27(13)18)8-10-17-23-16(12-26(17)2)14-6-4-3-5-7-14/h3-7,9,11-12,20H,8,10H2,1-2H3. The first kappa shape index (κ1) is 17.3. The van der Waals surface area contributed by atoms with Crippen molar-refractivity contribution >= 4 is 5.65 Å². The first-order chi connectivity index (χ1) is 13.0. The second kappa shape index (κ2) is 6.90. The Hall–Kier alpha value is -3.09. The number of nitrogens with zero attached hydrogens (tertiary/aromatic N) is 5. The highest BCUT2D eigenvalue weighted by molar-refractivity contribution is 5.58. The molecule has 0 aliphatic heterocycles. The summed E-state index contributed by atoms with van der Waals surface area (Å²) in [5, 5.41) is 4.47. The van der Waals surface area contributed by atoms with Gasteiger partial charge in [0.25, 0.3) is 6.43 Å². The van der Waals surface area contributed by atoms with Gasteiger partial charge < -0.3 is 4.57 Å². The van der Waals surface area contributed by atoms with Crippen molar-refractivity contribution in [2.24, 2.45) is 7.05 Å². The van der Waals surface area contributed by atoms with Crippen molar-refractivity contribution < 1.29 is 8.78 Å². The summed E-state index contributed by atoms with van der Waals surface area (Å²) in [5.74, 6) is 0.950. The quantitative estimate of drug-likeness (QED) is 0.532. The summed E-state index contributed by atoms with van der Waals surface area (Å²) in [4.78, 5) is 8.68. The van der Waals surface area contributed by atoms with Gasteiger partial charge in [-0.2, -0.15) is 5.10 Å². The molecule has 0 atom stereocenters. The van der Waals surface area contributed by atoms with Gasteiger partial charge in [0.05, 0.1) is 17.1 Å². The van der Waals surface area contributed by atoms with Crippen molar-refractivity contribution in [1.82, 2.24) is 24.1 Å². The molecule has 4 aromatic rings. The highest BCUT2D eigenvalue weighted by Crippen LogP contribution is 2.23. The number of aromatic nitrogens is 5. The fraction of sp³-hybridized carbons (Fsp3) is 0.250. The van der Waals surface area contributed by atoms with E-state index in [9.17, 15) is 8.78 Å². The number of alkyl halides is 2. The molecule has 5 nitrogen and oxygen atoms in total. The summed E-state index contributed by atoms with van der Waals surface area (Å²) in [6.07, 6.45) is 0.781. The first-order valence-electron chi connectivity index (χ1n) is 8.74. The van der Waals surface area contributed by atoms with E-state index in [1.807, 2.05) is 54.2 Å². The molecule has 0 radical (unpaired) electrons. The van der Waals surface area contributed by atoms with Gasteiger partial charge in [-0.15, -0.1) is 0 Å². The number of aryl methyl sites for hydroxylation is 4. The molecule has 0 spiro atoms. The van der Waals surface area contributed by atoms with Crippen LogP contribution in [0.1, 0.15) is 29.3 Å². The zero-order valence-electron chi connectivity index (χ0n) is 15.1. The van der Waals surface area contributed by atoms with E-state index in [2.05, 4.69) is 10.1 Å². The lowest BCUT2D eigenvalue weighted by molar-refractivity contribution is 0.146. The molecule has 0 aliphatic carbocycles. The number of halogens is 2. The van der Waals surface area contributed by atoms with E-state index in [1.165, 1.54) is 4.52 Å². The minimum atomic E-state index is -2.60. The number of fused-ring (bicyclic) bond motifs is 1. The van der Waals surface area contributed by atoms with Gasteiger partial charge in [-0.1, -0.05) is 30.3 Å². The molecule has 0 fully saturated rings. The minimum absolute atomic E-state index is 0.212. The van der Waals surface area contributed by atoms with Crippen LogP contribution in [0.5, 0.6) is 0 Å². The zero-order valence-corrected chi connectivity index (χ0v) is 15.1. The predicted molar refractivity (Wildman–Crippen MR) is 98.7 cm³/mol. The molecule has 0 N–H and O–H groups in total. The Morgan fingerprint density at radius 2 is 1.78 bits per heavy atom. The lowest BCUT2D eigenvalue weighted by Crippen LogP contribution is -2.04. The summed E-state index contributed by atoms with van der Waals surface area (Å²) in [5.41, 5.74) is 3.43. The molecule has 0 aliphatic rings. The molecule has 0 saturated carbocycles. The number of hydrogen-bond donors (Lipinski definition) is 0. The van der Waals surface area contributed by atoms with Crippen molar-refractivity contribution in [3.63, 3.8) is 0 Å². The number of rotatable bonds is 5. The second-order valence-corrected chi connectivity index (χ2v) is 6.50. The molecule has 0 saturated heterocycles. The fourth-order valence-electron chi connectivity index (χ4n) is 3.16. The average Bonchev–Trinajstić information content (AvgIpc) is 3.21. The van der Waals surface area contributed by atoms with Gasteiger partial charge >= 0.3 is 0 Å². The molecule has 1 aromatic carbocycles. The minimum Gasteiger partial charge on any atom is -0.337 e. The highest BCUT2D eigenvalue weighted by Gasteiger charge is 2.18. The Labute approximate surface area is 155 Å². The van der Waals surface area contributed by atoms with E-state index >= 15 is 0 Å². The van der Waals surface area contributed by atoms with Crippen LogP contribution < -0.4 is 0 Å². The van der Waals surface area contributed by atoms with E-state index in [4.69, 9.17) is 4.98 Å². The third-order valence-electron chi connectivity index (χ3n) is 4.65. The van der Waals surface area contributed by atoms with Gasteiger partial charge in [0, 0.05) is 25.2 Å². The van der Waals surface area contributed by atoms with E-state index < -0.39 is 6.43 Å². The lowest BCUT2D eigenvalue weighted by Gasteiger charge is -2.03. The van der Waals surface area contributed by atoms with Gasteiger partial charge in [-0.3, -0.25) is 0 Å². The average molecular weight is 367 g/mol. The molecule has 0 bridgehead atoms. The van der Waals surface area contributed by atoms with Crippen LogP contribution in [0, 0.1) is 6.92 Å². The smallest absolute Gasteiger partial charge is 0.282 e. The van der Waals surface area contributed by atoms with E-state index in [0.717, 1.165) is 22.8 Å². The van der Waals surface area contributed by atoms with E-state index in [-0.39, 0.29) is 5.69 Å². The molecule has 138 valence electrons. The monoisotopic (exact) mass is 367 g/mol. The fourth-order valence-corrected chi connectivity index (χ4v) is 3.16. The molecule has 0 amide bonds. The number of hydrogen-bond acceptors (Lipinski definition) is 3. The van der Waals surface area contributed by atoms with Crippen molar-refractivity contribution in [3.8, 4) is 11.3 Å². The third-order valence-corrected chi connectivity index (χ3v) is 4.65. The van der Waals surface area contributed by atoms with Crippen LogP contribution >= 0.6 is 0 Å². The summed E-state index contributed by atoms with van der Waals surface area (Å²) in [6.45, 7) is 1.61. The van der Waals surface area contributed by atoms with Gasteiger partial charge in [0.2, 0.25) is 0 Å². The van der Waals surface area contributed by atoms with Crippen molar-refractivity contribution in [1.29, 1.82) is 0 Å². The van der Waals surface area contributed by atoms with Crippen molar-refractivity contribution in [2.75, 3.05) is 0 Å². The maximum atomic E-state index is 13.0. The van der Waals surface area contributed by atoms with Gasteiger partial charge in [-0.25, -0.2) is 23.3 Å². The normalized spacial score (nSPS) is 11.6. The Morgan fingerprint density at radius 3 is 2.52 bits per heavy atom. The van der Waals surface area contributed by atoms with Crippen LogP contribution in [0.25, 0.3) is 16.9 Å². The summed E-state index contributed by atoms with van der Waals surface area (Å²) in [7, 11) is 1.97. The summed E-state index contributed by atoms with van der Waals surface area (Å²) < 4.78 is 29.5. The Morgan fingerprint density at radius 1 is 1.00 bits per heavy atom. The molecule has 0 unspecified atom stereocenters. The van der Waals surface area contributed by atoms with Gasteiger partial charge in [0.15, 0.2) is 5.65 Å².